The molecule has 0 amide bonds. The molecule has 2 N–H and O–H groups in total. The van der Waals surface area contributed by atoms with Crippen molar-refractivity contribution in [3.63, 3.8) is 0 Å². The molecule has 0 aromatic carbocycles. The van der Waals surface area contributed by atoms with Crippen molar-refractivity contribution in [1.29, 1.82) is 0 Å². The molecule has 0 heterocycles. The highest BCUT2D eigenvalue weighted by molar-refractivity contribution is 4.95. The maximum atomic E-state index is 6.20. The highest BCUT2D eigenvalue weighted by Crippen LogP contribution is 2.30. The Bertz CT molecular complexity index is 152. The molecular weight excluding hydrogens is 160 g/mol. The van der Waals surface area contributed by atoms with Gasteiger partial charge in [-0.15, -0.1) is 0 Å². The first-order valence-electron chi connectivity index (χ1n) is 5.56. The molecule has 13 heavy (non-hydrogen) atoms. The van der Waals surface area contributed by atoms with E-state index in [1.165, 1.54) is 32.1 Å². The molecule has 0 aromatic rings. The van der Waals surface area contributed by atoms with Crippen molar-refractivity contribution >= 4 is 0 Å². The van der Waals surface area contributed by atoms with Crippen molar-refractivity contribution in [2.75, 3.05) is 13.6 Å². The lowest BCUT2D eigenvalue weighted by atomic mass is 9.77. The third-order valence-corrected chi connectivity index (χ3v) is 3.37. The maximum absolute atomic E-state index is 6.20. The summed E-state index contributed by atoms with van der Waals surface area (Å²) in [6, 6.07) is 0.686. The van der Waals surface area contributed by atoms with E-state index in [1.807, 2.05) is 0 Å². The number of hydrogen-bond donors (Lipinski definition) is 1. The van der Waals surface area contributed by atoms with Crippen LogP contribution in [0.3, 0.4) is 0 Å². The van der Waals surface area contributed by atoms with Gasteiger partial charge < -0.3 is 10.6 Å². The summed E-state index contributed by atoms with van der Waals surface area (Å²) in [5.74, 6) is 0. The van der Waals surface area contributed by atoms with Gasteiger partial charge in [0.2, 0.25) is 0 Å². The van der Waals surface area contributed by atoms with E-state index in [-0.39, 0.29) is 5.54 Å². The summed E-state index contributed by atoms with van der Waals surface area (Å²) >= 11 is 0. The molecule has 0 spiro atoms. The van der Waals surface area contributed by atoms with Crippen LogP contribution in [0.4, 0.5) is 0 Å². The van der Waals surface area contributed by atoms with E-state index in [0.717, 1.165) is 6.54 Å². The van der Waals surface area contributed by atoms with E-state index >= 15 is 0 Å². The highest BCUT2D eigenvalue weighted by Gasteiger charge is 2.34. The van der Waals surface area contributed by atoms with Gasteiger partial charge in [0, 0.05) is 18.1 Å². The van der Waals surface area contributed by atoms with Crippen molar-refractivity contribution < 1.29 is 0 Å². The van der Waals surface area contributed by atoms with Crippen LogP contribution in [0.1, 0.15) is 46.0 Å². The predicted octanol–water partition coefficient (Wildman–Crippen LogP) is 1.99. The van der Waals surface area contributed by atoms with Crippen molar-refractivity contribution in [2.45, 2.75) is 57.5 Å². The van der Waals surface area contributed by atoms with Gasteiger partial charge in [-0.25, -0.2) is 0 Å². The van der Waals surface area contributed by atoms with E-state index in [2.05, 4.69) is 25.8 Å². The molecular formula is C11H24N2. The fraction of sp³-hybridized carbons (Fsp3) is 1.00. The molecule has 0 aromatic heterocycles. The largest absolute Gasteiger partial charge is 0.324 e. The average Bonchev–Trinajstić information content (AvgIpc) is 2.02. The van der Waals surface area contributed by atoms with Gasteiger partial charge in [0.25, 0.3) is 0 Å². The van der Waals surface area contributed by atoms with Crippen LogP contribution >= 0.6 is 0 Å². The van der Waals surface area contributed by atoms with Gasteiger partial charge in [-0.3, -0.25) is 0 Å². The Hall–Kier alpha value is -0.0800. The number of nitrogens with two attached hydrogens (primary N) is 1. The standard InChI is InChI=1S/C11H24N2/c1-4-6-10(2)13(3)9-11(12)7-5-8-11/h10H,4-9,12H2,1-3H3. The second-order valence-corrected chi connectivity index (χ2v) is 4.77. The Morgan fingerprint density at radius 1 is 1.46 bits per heavy atom. The molecule has 1 aliphatic rings. The zero-order valence-corrected chi connectivity index (χ0v) is 9.34. The van der Waals surface area contributed by atoms with E-state index in [0.29, 0.717) is 6.04 Å². The summed E-state index contributed by atoms with van der Waals surface area (Å²) in [6.07, 6.45) is 6.31. The van der Waals surface area contributed by atoms with Gasteiger partial charge in [-0.1, -0.05) is 13.3 Å². The first kappa shape index (κ1) is 11.0. The fourth-order valence-electron chi connectivity index (χ4n) is 2.08. The second-order valence-electron chi connectivity index (χ2n) is 4.77. The lowest BCUT2D eigenvalue weighted by Crippen LogP contribution is -2.55. The summed E-state index contributed by atoms with van der Waals surface area (Å²) in [4.78, 5) is 2.42. The van der Waals surface area contributed by atoms with Gasteiger partial charge in [0.1, 0.15) is 0 Å². The second kappa shape index (κ2) is 4.43. The first-order chi connectivity index (χ1) is 6.07. The van der Waals surface area contributed by atoms with Crippen molar-refractivity contribution in [3.05, 3.63) is 0 Å². The zero-order valence-electron chi connectivity index (χ0n) is 9.34. The lowest BCUT2D eigenvalue weighted by Gasteiger charge is -2.42. The Morgan fingerprint density at radius 3 is 2.46 bits per heavy atom. The van der Waals surface area contributed by atoms with Crippen LogP contribution in [0, 0.1) is 0 Å². The normalized spacial score (nSPS) is 22.8. The minimum atomic E-state index is 0.150. The smallest absolute Gasteiger partial charge is 0.0283 e. The van der Waals surface area contributed by atoms with E-state index in [9.17, 15) is 0 Å². The van der Waals surface area contributed by atoms with Gasteiger partial charge in [-0.2, -0.15) is 0 Å². The Morgan fingerprint density at radius 2 is 2.08 bits per heavy atom. The molecule has 2 nitrogen and oxygen atoms in total. The SMILES string of the molecule is CCCC(C)N(C)CC1(N)CCC1. The average molecular weight is 184 g/mol. The Balaban J connectivity index is 2.26. The zero-order chi connectivity index (χ0) is 9.90. The van der Waals surface area contributed by atoms with E-state index in [1.54, 1.807) is 0 Å². The monoisotopic (exact) mass is 184 g/mol. The molecule has 0 bridgehead atoms. The summed E-state index contributed by atoms with van der Waals surface area (Å²) in [5.41, 5.74) is 6.35. The van der Waals surface area contributed by atoms with Crippen LogP contribution in [-0.2, 0) is 0 Å². The summed E-state index contributed by atoms with van der Waals surface area (Å²) in [5, 5.41) is 0. The van der Waals surface area contributed by atoms with Crippen LogP contribution in [0.2, 0.25) is 0 Å². The molecule has 0 radical (unpaired) electrons. The number of rotatable bonds is 5. The number of nitrogens with zero attached hydrogens (tertiary/aromatic N) is 1. The maximum Gasteiger partial charge on any atom is 0.0283 e. The van der Waals surface area contributed by atoms with Crippen LogP contribution < -0.4 is 5.73 Å². The molecule has 1 saturated carbocycles. The molecule has 1 unspecified atom stereocenters. The highest BCUT2D eigenvalue weighted by atomic mass is 15.1. The summed E-state index contributed by atoms with van der Waals surface area (Å²) in [6.45, 7) is 5.62. The van der Waals surface area contributed by atoms with Crippen molar-refractivity contribution in [3.8, 4) is 0 Å². The van der Waals surface area contributed by atoms with E-state index in [4.69, 9.17) is 5.73 Å². The van der Waals surface area contributed by atoms with Crippen LogP contribution in [-0.4, -0.2) is 30.1 Å². The molecule has 1 atom stereocenters. The molecule has 1 rings (SSSR count). The van der Waals surface area contributed by atoms with Crippen LogP contribution in [0.25, 0.3) is 0 Å². The third kappa shape index (κ3) is 2.96. The van der Waals surface area contributed by atoms with Gasteiger partial charge in [-0.05, 0) is 39.7 Å². The molecule has 78 valence electrons. The Labute approximate surface area is 82.5 Å². The van der Waals surface area contributed by atoms with Crippen LogP contribution in [0.5, 0.6) is 0 Å². The third-order valence-electron chi connectivity index (χ3n) is 3.37. The summed E-state index contributed by atoms with van der Waals surface area (Å²) < 4.78 is 0. The minimum absolute atomic E-state index is 0.150. The molecule has 2 heteroatoms. The Kier molecular flexibility index (Phi) is 3.74. The van der Waals surface area contributed by atoms with Gasteiger partial charge in [0.15, 0.2) is 0 Å². The van der Waals surface area contributed by atoms with Crippen molar-refractivity contribution in [2.24, 2.45) is 5.73 Å². The number of likely N-dealkylation sites (N-methyl/N-ethyl adjacent to an activating group) is 1. The molecule has 1 fully saturated rings. The summed E-state index contributed by atoms with van der Waals surface area (Å²) in [7, 11) is 2.20. The quantitative estimate of drug-likeness (QED) is 0.708. The van der Waals surface area contributed by atoms with Gasteiger partial charge in [0.05, 0.1) is 0 Å². The first-order valence-corrected chi connectivity index (χ1v) is 5.56. The van der Waals surface area contributed by atoms with Gasteiger partial charge >= 0.3 is 0 Å². The molecule has 0 saturated heterocycles. The van der Waals surface area contributed by atoms with Crippen molar-refractivity contribution in [1.82, 2.24) is 4.90 Å². The molecule has 0 aliphatic heterocycles. The lowest BCUT2D eigenvalue weighted by molar-refractivity contribution is 0.134. The van der Waals surface area contributed by atoms with Crippen LogP contribution in [0.15, 0.2) is 0 Å². The minimum Gasteiger partial charge on any atom is -0.324 e. The molecule has 1 aliphatic carbocycles. The van der Waals surface area contributed by atoms with E-state index < -0.39 is 0 Å². The topological polar surface area (TPSA) is 29.3 Å². The predicted molar refractivity (Wildman–Crippen MR) is 57.8 cm³/mol. The number of hydrogen-bond acceptors (Lipinski definition) is 2. The fourth-order valence-corrected chi connectivity index (χ4v) is 2.08.